The predicted octanol–water partition coefficient (Wildman–Crippen LogP) is -7.67. The average molecular weight is 818 g/mol. The monoisotopic (exact) mass is 817 g/mol. The van der Waals surface area contributed by atoms with E-state index in [2.05, 4.69) is 36.9 Å². The summed E-state index contributed by atoms with van der Waals surface area (Å²) in [5.41, 5.74) is 15.9. The van der Waals surface area contributed by atoms with Crippen molar-refractivity contribution in [1.29, 1.82) is 0 Å². The molecule has 57 heavy (non-hydrogen) atoms. The lowest BCUT2D eigenvalue weighted by Crippen LogP contribution is -2.61. The summed E-state index contributed by atoms with van der Waals surface area (Å²) in [6.07, 6.45) is -3.49. The molecule has 0 aromatic heterocycles. The van der Waals surface area contributed by atoms with Crippen LogP contribution in [-0.4, -0.2) is 171 Å². The molecular weight excluding hydrogens is 766 g/mol. The van der Waals surface area contributed by atoms with Crippen LogP contribution in [0.3, 0.4) is 0 Å². The van der Waals surface area contributed by atoms with Gasteiger partial charge < -0.3 is 79.5 Å². The highest BCUT2D eigenvalue weighted by Gasteiger charge is 2.36. The first-order valence-corrected chi connectivity index (χ1v) is 17.5. The number of carbonyl (C=O) groups excluding carboxylic acids is 7. The molecule has 17 N–H and O–H groups in total. The van der Waals surface area contributed by atoms with Gasteiger partial charge in [-0.2, -0.15) is 0 Å². The molecule has 7 atom stereocenters. The van der Waals surface area contributed by atoms with Gasteiger partial charge in [-0.3, -0.25) is 48.1 Å². The number of carboxylic acid groups (broad SMARTS) is 3. The van der Waals surface area contributed by atoms with Gasteiger partial charge >= 0.3 is 17.9 Å². The zero-order chi connectivity index (χ0) is 43.4. The fourth-order valence-electron chi connectivity index (χ4n) is 5.31. The van der Waals surface area contributed by atoms with Crippen LogP contribution in [0.1, 0.15) is 51.9 Å². The summed E-state index contributed by atoms with van der Waals surface area (Å²) in [5, 5.41) is 60.9. The number of nitrogens with zero attached hydrogens (tertiary/aromatic N) is 2. The molecule has 320 valence electrons. The summed E-state index contributed by atoms with van der Waals surface area (Å²) in [6.45, 7) is -1.27. The molecule has 1 heterocycles. The van der Waals surface area contributed by atoms with Crippen LogP contribution in [0.15, 0.2) is 4.99 Å². The number of likely N-dealkylation sites (tertiary alicyclic amines) is 1. The number of aliphatic imine (C=N–C) groups is 1. The number of aliphatic hydroxyl groups is 2. The van der Waals surface area contributed by atoms with Gasteiger partial charge in [0.15, 0.2) is 5.96 Å². The highest BCUT2D eigenvalue weighted by atomic mass is 16.4. The molecule has 0 aromatic carbocycles. The molecule has 0 spiro atoms. The van der Waals surface area contributed by atoms with Crippen molar-refractivity contribution in [2.75, 3.05) is 32.8 Å². The normalized spacial score (nSPS) is 16.6. The molecule has 26 heteroatoms. The molecule has 7 amide bonds. The van der Waals surface area contributed by atoms with E-state index in [0.717, 1.165) is 11.8 Å². The van der Waals surface area contributed by atoms with Gasteiger partial charge in [-0.15, -0.1) is 0 Å². The number of carbonyl (C=O) groups is 10. The smallest absolute Gasteiger partial charge is 0.326 e. The third-order valence-electron chi connectivity index (χ3n) is 8.22. The number of hydrogen-bond donors (Lipinski definition) is 14. The summed E-state index contributed by atoms with van der Waals surface area (Å²) < 4.78 is 0. The number of aliphatic hydroxyl groups excluding tert-OH is 2. The van der Waals surface area contributed by atoms with E-state index in [-0.39, 0.29) is 38.3 Å². The van der Waals surface area contributed by atoms with Gasteiger partial charge in [-0.05, 0) is 39.0 Å². The molecule has 1 rings (SSSR count). The fraction of sp³-hybridized carbons (Fsp3) is 0.645. The van der Waals surface area contributed by atoms with Crippen LogP contribution in [-0.2, 0) is 47.9 Å². The van der Waals surface area contributed by atoms with Gasteiger partial charge in [0, 0.05) is 19.5 Å². The summed E-state index contributed by atoms with van der Waals surface area (Å²) >= 11 is 0. The summed E-state index contributed by atoms with van der Waals surface area (Å²) in [5.74, 6) is -12.0. The van der Waals surface area contributed by atoms with Crippen LogP contribution in [0.4, 0.5) is 0 Å². The maximum atomic E-state index is 13.5. The van der Waals surface area contributed by atoms with Crippen molar-refractivity contribution in [2.45, 2.75) is 94.2 Å². The summed E-state index contributed by atoms with van der Waals surface area (Å²) in [7, 11) is 0. The first-order valence-electron chi connectivity index (χ1n) is 17.5. The quantitative estimate of drug-likeness (QED) is 0.0231. The minimum atomic E-state index is -1.87. The van der Waals surface area contributed by atoms with Crippen molar-refractivity contribution in [2.24, 2.45) is 22.2 Å². The van der Waals surface area contributed by atoms with E-state index in [9.17, 15) is 73.5 Å². The number of aliphatic carboxylic acids is 3. The second kappa shape index (κ2) is 24.4. The molecule has 26 nitrogen and oxygen atoms in total. The van der Waals surface area contributed by atoms with Crippen molar-refractivity contribution >= 4 is 65.2 Å². The maximum Gasteiger partial charge on any atom is 0.326 e. The highest BCUT2D eigenvalue weighted by Crippen LogP contribution is 2.17. The third kappa shape index (κ3) is 17.5. The fourth-order valence-corrected chi connectivity index (χ4v) is 5.31. The highest BCUT2D eigenvalue weighted by molar-refractivity contribution is 5.98. The van der Waals surface area contributed by atoms with Crippen LogP contribution >= 0.6 is 0 Å². The Bertz CT molecular complexity index is 1520. The Morgan fingerprint density at radius 1 is 0.772 bits per heavy atom. The van der Waals surface area contributed by atoms with E-state index in [1.54, 1.807) is 0 Å². The first-order chi connectivity index (χ1) is 26.7. The Hall–Kier alpha value is -6.15. The van der Waals surface area contributed by atoms with Gasteiger partial charge in [-0.25, -0.2) is 4.79 Å². The second-order valence-electron chi connectivity index (χ2n) is 12.7. The molecule has 1 aliphatic rings. The lowest BCUT2D eigenvalue weighted by Gasteiger charge is -2.27. The molecule has 0 aliphatic carbocycles. The van der Waals surface area contributed by atoms with E-state index < -0.39 is 141 Å². The van der Waals surface area contributed by atoms with Gasteiger partial charge in [0.25, 0.3) is 0 Å². The summed E-state index contributed by atoms with van der Waals surface area (Å²) in [4.78, 5) is 129. The van der Waals surface area contributed by atoms with Crippen molar-refractivity contribution in [1.82, 2.24) is 36.8 Å². The van der Waals surface area contributed by atoms with Crippen LogP contribution in [0, 0.1) is 0 Å². The van der Waals surface area contributed by atoms with Crippen molar-refractivity contribution in [3.8, 4) is 0 Å². The number of nitrogens with one attached hydrogen (secondary N) is 6. The molecule has 1 aliphatic heterocycles. The first kappa shape index (κ1) is 48.9. The van der Waals surface area contributed by atoms with E-state index in [0.29, 0.717) is 6.42 Å². The van der Waals surface area contributed by atoms with Crippen molar-refractivity contribution < 1.29 is 73.5 Å². The summed E-state index contributed by atoms with van der Waals surface area (Å²) in [6, 6.07) is -9.80. The largest absolute Gasteiger partial charge is 0.481 e. The van der Waals surface area contributed by atoms with E-state index in [1.165, 1.54) is 0 Å². The lowest BCUT2D eigenvalue weighted by atomic mass is 10.1. The number of guanidine groups is 1. The molecule has 7 unspecified atom stereocenters. The average Bonchev–Trinajstić information content (AvgIpc) is 3.64. The molecule has 0 radical (unpaired) electrons. The lowest BCUT2D eigenvalue weighted by molar-refractivity contribution is -0.148. The zero-order valence-electron chi connectivity index (χ0n) is 31.0. The minimum absolute atomic E-state index is 0.00821. The Kier molecular flexibility index (Phi) is 20.9. The number of amides is 7. The molecule has 0 bridgehead atoms. The van der Waals surface area contributed by atoms with E-state index in [1.807, 2.05) is 0 Å². The van der Waals surface area contributed by atoms with E-state index >= 15 is 0 Å². The number of hydrogen-bond acceptors (Lipinski definition) is 14. The molecule has 1 saturated heterocycles. The zero-order valence-corrected chi connectivity index (χ0v) is 31.0. The van der Waals surface area contributed by atoms with Gasteiger partial charge in [0.1, 0.15) is 36.3 Å². The molecule has 0 aromatic rings. The Balaban J connectivity index is 3.22. The van der Waals surface area contributed by atoms with Crippen LogP contribution in [0.25, 0.3) is 0 Å². The molecule has 1 fully saturated rings. The molecular formula is C31H51N11O15. The van der Waals surface area contributed by atoms with E-state index in [4.69, 9.17) is 17.2 Å². The van der Waals surface area contributed by atoms with Gasteiger partial charge in [0.2, 0.25) is 41.4 Å². The maximum absolute atomic E-state index is 13.5. The van der Waals surface area contributed by atoms with Crippen molar-refractivity contribution in [3.05, 3.63) is 0 Å². The number of carboxylic acids is 3. The van der Waals surface area contributed by atoms with Gasteiger partial charge in [-0.1, -0.05) is 0 Å². The predicted molar refractivity (Wildman–Crippen MR) is 192 cm³/mol. The van der Waals surface area contributed by atoms with Crippen LogP contribution in [0.5, 0.6) is 0 Å². The minimum Gasteiger partial charge on any atom is -0.481 e. The number of nitrogens with two attached hydrogens (primary N) is 3. The Morgan fingerprint density at radius 2 is 1.33 bits per heavy atom. The number of rotatable bonds is 25. The van der Waals surface area contributed by atoms with Gasteiger partial charge in [0.05, 0.1) is 32.2 Å². The van der Waals surface area contributed by atoms with Crippen molar-refractivity contribution in [3.63, 3.8) is 0 Å². The SMILES string of the molecule is CC(O)C(NC(=O)CN)C(=O)NC(CCC(=O)O)C(=O)NC(CO)C(=O)NC(CCCN=C(N)N)C(=O)NC(CC(=O)O)C(=O)NCC(=O)N1CCCC1C(=O)O. The Labute approximate surface area is 324 Å². The Morgan fingerprint density at radius 3 is 1.86 bits per heavy atom. The topological polar surface area (TPSA) is 438 Å². The third-order valence-corrected chi connectivity index (χ3v) is 8.22. The van der Waals surface area contributed by atoms with Crippen LogP contribution in [0.2, 0.25) is 0 Å². The second-order valence-corrected chi connectivity index (χ2v) is 12.7. The molecule has 0 saturated carbocycles. The standard InChI is InChI=1S/C31H51N11O15/c1-14(44)24(41-20(45)11-32)29(55)38-16(6-7-22(47)48)27(53)40-18(13-43)28(54)37-15(4-2-8-35-31(33)34)26(52)39-17(10-23(49)50)25(51)36-12-21(46)42-9-3-5-19(42)30(56)57/h14-19,24,43-44H,2-13,32H2,1H3,(H,36,51)(H,37,54)(H,38,55)(H,39,52)(H,40,53)(H,41,45)(H,47,48)(H,49,50)(H,56,57)(H4,33,34,35). The van der Waals surface area contributed by atoms with Crippen LogP contribution < -0.4 is 49.1 Å².